The van der Waals surface area contributed by atoms with E-state index >= 15 is 0 Å². The summed E-state index contributed by atoms with van der Waals surface area (Å²) < 4.78 is 7.53. The van der Waals surface area contributed by atoms with Crippen LogP contribution in [0.15, 0.2) is 24.3 Å². The Hall–Kier alpha value is -1.89. The largest absolute Gasteiger partial charge is 0.444 e. The Morgan fingerprint density at radius 3 is 2.23 bits per heavy atom. The summed E-state index contributed by atoms with van der Waals surface area (Å²) in [7, 11) is 1.69. The van der Waals surface area contributed by atoms with Crippen LogP contribution in [0.25, 0.3) is 0 Å². The third kappa shape index (κ3) is 5.48. The van der Waals surface area contributed by atoms with Gasteiger partial charge in [0.15, 0.2) is 0 Å². The fourth-order valence-corrected chi connectivity index (χ4v) is 1.78. The minimum absolute atomic E-state index is 0.150. The number of hydrogen-bond acceptors (Lipinski definition) is 4. The van der Waals surface area contributed by atoms with Crippen molar-refractivity contribution in [2.24, 2.45) is 0 Å². The highest BCUT2D eigenvalue weighted by Gasteiger charge is 2.23. The summed E-state index contributed by atoms with van der Waals surface area (Å²) in [5.74, 6) is 0. The molecule has 3 amide bonds. The van der Waals surface area contributed by atoms with Crippen molar-refractivity contribution in [3.63, 3.8) is 0 Å². The average molecular weight is 325 g/mol. The van der Waals surface area contributed by atoms with Crippen molar-refractivity contribution < 1.29 is 14.3 Å². The number of nitrogens with one attached hydrogen (secondary N) is 2. The van der Waals surface area contributed by atoms with Gasteiger partial charge in [-0.1, -0.05) is 24.9 Å². The Morgan fingerprint density at radius 1 is 1.23 bits per heavy atom. The molecule has 0 spiro atoms. The normalized spacial score (nSPS) is 12.3. The first-order valence-corrected chi connectivity index (χ1v) is 7.35. The third-order valence-corrected chi connectivity index (χ3v) is 3.22. The van der Waals surface area contributed by atoms with Crippen molar-refractivity contribution in [2.45, 2.75) is 39.3 Å². The molecule has 1 rings (SSSR count). The highest BCUT2D eigenvalue weighted by Crippen LogP contribution is 2.22. The van der Waals surface area contributed by atoms with E-state index in [1.54, 1.807) is 19.2 Å². The molecule has 2 N–H and O–H groups in total. The zero-order chi connectivity index (χ0) is 16.9. The van der Waals surface area contributed by atoms with Crippen molar-refractivity contribution >= 4 is 30.6 Å². The molecular weight excluding hydrogens is 302 g/mol. The van der Waals surface area contributed by atoms with Crippen molar-refractivity contribution in [1.29, 1.82) is 0 Å². The Morgan fingerprint density at radius 2 is 1.77 bits per heavy atom. The van der Waals surface area contributed by atoms with Gasteiger partial charge < -0.3 is 15.0 Å². The summed E-state index contributed by atoms with van der Waals surface area (Å²) in [5.41, 5.74) is 1.05. The Balaban J connectivity index is 2.74. The molecule has 0 fully saturated rings. The maximum atomic E-state index is 12.1. The predicted molar refractivity (Wildman–Crippen MR) is 90.0 cm³/mol. The molecule has 22 heavy (non-hydrogen) atoms. The van der Waals surface area contributed by atoms with E-state index < -0.39 is 11.6 Å². The number of thiol groups is 1. The lowest BCUT2D eigenvalue weighted by atomic mass is 10.1. The molecule has 6 nitrogen and oxygen atoms in total. The molecule has 0 saturated heterocycles. The summed E-state index contributed by atoms with van der Waals surface area (Å²) in [4.78, 5) is 24.8. The van der Waals surface area contributed by atoms with Crippen molar-refractivity contribution in [3.8, 4) is 0 Å². The van der Waals surface area contributed by atoms with Gasteiger partial charge in [-0.15, -0.1) is 0 Å². The second-order valence-corrected chi connectivity index (χ2v) is 6.18. The second-order valence-electron chi connectivity index (χ2n) is 5.96. The van der Waals surface area contributed by atoms with Gasteiger partial charge in [-0.3, -0.25) is 4.72 Å². The van der Waals surface area contributed by atoms with Gasteiger partial charge in [-0.25, -0.2) is 9.59 Å². The fraction of sp³-hybridized carbons (Fsp3) is 0.467. The van der Waals surface area contributed by atoms with Crippen LogP contribution in [0.4, 0.5) is 15.3 Å². The number of carbonyl (C=O) groups excluding carboxylic acids is 2. The van der Waals surface area contributed by atoms with Crippen LogP contribution >= 0.6 is 12.8 Å². The van der Waals surface area contributed by atoms with E-state index in [-0.39, 0.29) is 12.1 Å². The van der Waals surface area contributed by atoms with E-state index in [9.17, 15) is 9.59 Å². The highest BCUT2D eigenvalue weighted by atomic mass is 32.1. The first-order valence-electron chi connectivity index (χ1n) is 6.91. The number of benzene rings is 1. The van der Waals surface area contributed by atoms with Crippen molar-refractivity contribution in [1.82, 2.24) is 9.62 Å². The average Bonchev–Trinajstić information content (AvgIpc) is 2.44. The van der Waals surface area contributed by atoms with Crippen LogP contribution in [0, 0.1) is 0 Å². The van der Waals surface area contributed by atoms with Gasteiger partial charge in [0.1, 0.15) is 5.60 Å². The number of ether oxygens (including phenoxy) is 1. The summed E-state index contributed by atoms with van der Waals surface area (Å²) >= 11 is 3.66. The number of carbonyl (C=O) groups is 2. The van der Waals surface area contributed by atoms with Crippen molar-refractivity contribution in [2.75, 3.05) is 12.4 Å². The standard InChI is InChI=1S/C15H23N3O3S/c1-10(18(5)14(20)21-15(2,3)4)11-6-8-12(9-7-11)16-13(19)17-22/h6-10,22H,1-5H3,(H2,16,17,19). The molecule has 0 saturated carbocycles. The van der Waals surface area contributed by atoms with E-state index in [0.717, 1.165) is 5.56 Å². The number of anilines is 1. The van der Waals surface area contributed by atoms with E-state index in [1.807, 2.05) is 39.8 Å². The van der Waals surface area contributed by atoms with Gasteiger partial charge in [0, 0.05) is 12.7 Å². The minimum atomic E-state index is -0.529. The predicted octanol–water partition coefficient (Wildman–Crippen LogP) is 3.58. The smallest absolute Gasteiger partial charge is 0.410 e. The number of urea groups is 1. The van der Waals surface area contributed by atoms with Crippen LogP contribution in [0.5, 0.6) is 0 Å². The summed E-state index contributed by atoms with van der Waals surface area (Å²) in [5, 5.41) is 2.61. The van der Waals surface area contributed by atoms with Crippen molar-refractivity contribution in [3.05, 3.63) is 29.8 Å². The topological polar surface area (TPSA) is 70.7 Å². The van der Waals surface area contributed by atoms with E-state index in [1.165, 1.54) is 4.90 Å². The molecule has 1 aromatic carbocycles. The molecular formula is C15H23N3O3S. The number of rotatable bonds is 3. The first kappa shape index (κ1) is 18.2. The molecule has 0 heterocycles. The van der Waals surface area contributed by atoms with Crippen LogP contribution in [-0.2, 0) is 4.74 Å². The zero-order valence-corrected chi connectivity index (χ0v) is 14.4. The minimum Gasteiger partial charge on any atom is -0.444 e. The first-order chi connectivity index (χ1) is 10.1. The summed E-state index contributed by atoms with van der Waals surface area (Å²) in [6, 6.07) is 6.66. The molecule has 0 aromatic heterocycles. The van der Waals surface area contributed by atoms with E-state index in [2.05, 4.69) is 22.9 Å². The Labute approximate surface area is 136 Å². The number of amides is 3. The third-order valence-electron chi connectivity index (χ3n) is 3.01. The molecule has 1 unspecified atom stereocenters. The molecule has 1 atom stereocenters. The lowest BCUT2D eigenvalue weighted by Gasteiger charge is -2.29. The number of hydrogen-bond donors (Lipinski definition) is 3. The maximum Gasteiger partial charge on any atom is 0.410 e. The van der Waals surface area contributed by atoms with E-state index in [4.69, 9.17) is 4.74 Å². The van der Waals surface area contributed by atoms with Crippen LogP contribution in [-0.4, -0.2) is 29.7 Å². The van der Waals surface area contributed by atoms with E-state index in [0.29, 0.717) is 5.69 Å². The lowest BCUT2D eigenvalue weighted by molar-refractivity contribution is 0.0234. The second kappa shape index (κ2) is 7.40. The van der Waals surface area contributed by atoms with Crippen LogP contribution in [0.2, 0.25) is 0 Å². The molecule has 0 radical (unpaired) electrons. The molecule has 0 aliphatic heterocycles. The van der Waals surface area contributed by atoms with Gasteiger partial charge in [0.05, 0.1) is 6.04 Å². The van der Waals surface area contributed by atoms with Gasteiger partial charge >= 0.3 is 12.1 Å². The summed E-state index contributed by atoms with van der Waals surface area (Å²) in [6.07, 6.45) is -0.378. The summed E-state index contributed by atoms with van der Waals surface area (Å²) in [6.45, 7) is 7.40. The fourth-order valence-electron chi connectivity index (χ4n) is 1.72. The quantitative estimate of drug-likeness (QED) is 0.744. The monoisotopic (exact) mass is 325 g/mol. The molecule has 122 valence electrons. The highest BCUT2D eigenvalue weighted by molar-refractivity contribution is 7.78. The SMILES string of the molecule is CC(c1ccc(NC(=O)NS)cc1)N(C)C(=O)OC(C)(C)C. The molecule has 0 aliphatic rings. The van der Waals surface area contributed by atoms with Gasteiger partial charge in [0.25, 0.3) is 0 Å². The van der Waals surface area contributed by atoms with Crippen LogP contribution in [0.1, 0.15) is 39.3 Å². The van der Waals surface area contributed by atoms with Crippen LogP contribution in [0.3, 0.4) is 0 Å². The molecule has 1 aromatic rings. The maximum absolute atomic E-state index is 12.1. The molecule has 0 aliphatic carbocycles. The Kier molecular flexibility index (Phi) is 6.11. The zero-order valence-electron chi connectivity index (χ0n) is 13.5. The lowest BCUT2D eigenvalue weighted by Crippen LogP contribution is -2.35. The molecule has 0 bridgehead atoms. The van der Waals surface area contributed by atoms with Crippen LogP contribution < -0.4 is 10.0 Å². The number of nitrogens with zero attached hydrogens (tertiary/aromatic N) is 1. The van der Waals surface area contributed by atoms with Gasteiger partial charge in [-0.2, -0.15) is 0 Å². The van der Waals surface area contributed by atoms with Gasteiger partial charge in [-0.05, 0) is 45.4 Å². The molecule has 7 heteroatoms. The van der Waals surface area contributed by atoms with Gasteiger partial charge in [0.2, 0.25) is 0 Å². The Bertz CT molecular complexity index is 526.